The summed E-state index contributed by atoms with van der Waals surface area (Å²) in [5, 5.41) is 3.25. The van der Waals surface area contributed by atoms with Gasteiger partial charge in [-0.1, -0.05) is 72.3 Å². The van der Waals surface area contributed by atoms with Crippen LogP contribution in [0.15, 0.2) is 91.5 Å². The number of rotatable bonds is 12. The zero-order valence-electron chi connectivity index (χ0n) is 19.7. The summed E-state index contributed by atoms with van der Waals surface area (Å²) in [7, 11) is 1.59. The normalized spacial score (nSPS) is 11.3. The Morgan fingerprint density at radius 3 is 2.34 bits per heavy atom. The lowest BCUT2D eigenvalue weighted by atomic mass is 10.0. The first-order valence-electron chi connectivity index (χ1n) is 11.2. The Morgan fingerprint density at radius 2 is 1.69 bits per heavy atom. The zero-order chi connectivity index (χ0) is 25.0. The van der Waals surface area contributed by atoms with Gasteiger partial charge in [-0.05, 0) is 35.4 Å². The molecule has 0 spiro atoms. The number of nitrogens with zero attached hydrogens (tertiary/aromatic N) is 1. The maximum absolute atomic E-state index is 13.5. The third kappa shape index (κ3) is 7.62. The summed E-state index contributed by atoms with van der Waals surface area (Å²) in [6.07, 6.45) is 1.95. The van der Waals surface area contributed by atoms with Crippen molar-refractivity contribution in [3.8, 4) is 11.5 Å². The van der Waals surface area contributed by atoms with Crippen LogP contribution in [0.25, 0.3) is 0 Å². The summed E-state index contributed by atoms with van der Waals surface area (Å²) in [6, 6.07) is 23.2. The smallest absolute Gasteiger partial charge is 0.261 e. The van der Waals surface area contributed by atoms with Gasteiger partial charge in [-0.2, -0.15) is 0 Å². The topological polar surface area (TPSA) is 67.9 Å². The fraction of sp³-hybridized carbons (Fsp3) is 0.214. The van der Waals surface area contributed by atoms with Crippen molar-refractivity contribution < 1.29 is 19.1 Å². The molecule has 1 N–H and O–H groups in total. The van der Waals surface area contributed by atoms with Crippen LogP contribution in [0.1, 0.15) is 11.1 Å². The molecule has 182 valence electrons. The number of methoxy groups -OCH3 is 1. The van der Waals surface area contributed by atoms with E-state index in [4.69, 9.17) is 21.1 Å². The van der Waals surface area contributed by atoms with E-state index < -0.39 is 6.04 Å². The van der Waals surface area contributed by atoms with Gasteiger partial charge in [-0.3, -0.25) is 9.59 Å². The molecule has 3 aromatic rings. The van der Waals surface area contributed by atoms with Gasteiger partial charge in [0.25, 0.3) is 5.91 Å². The fourth-order valence-electron chi connectivity index (χ4n) is 3.56. The van der Waals surface area contributed by atoms with E-state index in [0.717, 1.165) is 11.1 Å². The van der Waals surface area contributed by atoms with Crippen LogP contribution in [-0.2, 0) is 22.6 Å². The van der Waals surface area contributed by atoms with E-state index in [9.17, 15) is 9.59 Å². The Hall–Kier alpha value is -3.77. The summed E-state index contributed by atoms with van der Waals surface area (Å²) in [5.74, 6) is 0.504. The fourth-order valence-corrected chi connectivity index (χ4v) is 3.75. The minimum Gasteiger partial charge on any atom is -0.497 e. The van der Waals surface area contributed by atoms with Crippen molar-refractivity contribution in [1.29, 1.82) is 0 Å². The molecule has 0 fully saturated rings. The van der Waals surface area contributed by atoms with Crippen molar-refractivity contribution in [2.45, 2.75) is 19.0 Å². The monoisotopic (exact) mass is 492 g/mol. The van der Waals surface area contributed by atoms with Crippen LogP contribution in [0.3, 0.4) is 0 Å². The average molecular weight is 493 g/mol. The molecule has 3 rings (SSSR count). The number of benzene rings is 3. The third-order valence-corrected chi connectivity index (χ3v) is 5.70. The molecular formula is C28H29ClN2O4. The van der Waals surface area contributed by atoms with Gasteiger partial charge in [0.2, 0.25) is 5.91 Å². The lowest BCUT2D eigenvalue weighted by molar-refractivity contribution is -0.142. The van der Waals surface area contributed by atoms with E-state index in [1.807, 2.05) is 54.6 Å². The lowest BCUT2D eigenvalue weighted by Gasteiger charge is -2.31. The van der Waals surface area contributed by atoms with Crippen LogP contribution in [0.5, 0.6) is 11.5 Å². The van der Waals surface area contributed by atoms with E-state index in [-0.39, 0.29) is 25.0 Å². The highest BCUT2D eigenvalue weighted by atomic mass is 35.5. The predicted octanol–water partition coefficient (Wildman–Crippen LogP) is 4.67. The Kier molecular flexibility index (Phi) is 9.75. The van der Waals surface area contributed by atoms with E-state index in [0.29, 0.717) is 29.5 Å². The standard InChI is InChI=1S/C28H29ClN2O4/c1-3-17-30-28(33)25(18-21-9-5-4-6-10-21)31(19-22-13-15-23(34-2)16-14-22)27(32)20-35-26-12-8-7-11-24(26)29/h3-16,25H,1,17-20H2,2H3,(H,30,33)/t25-/m0/s1. The van der Waals surface area contributed by atoms with Gasteiger partial charge in [0.05, 0.1) is 12.1 Å². The molecule has 0 aliphatic rings. The zero-order valence-corrected chi connectivity index (χ0v) is 20.4. The van der Waals surface area contributed by atoms with Gasteiger partial charge in [0.15, 0.2) is 6.61 Å². The molecule has 0 aliphatic carbocycles. The second kappa shape index (κ2) is 13.2. The van der Waals surface area contributed by atoms with Gasteiger partial charge in [0.1, 0.15) is 17.5 Å². The van der Waals surface area contributed by atoms with Gasteiger partial charge in [-0.15, -0.1) is 6.58 Å². The summed E-state index contributed by atoms with van der Waals surface area (Å²) >= 11 is 6.19. The Balaban J connectivity index is 1.90. The van der Waals surface area contributed by atoms with Crippen LogP contribution in [0, 0.1) is 0 Å². The van der Waals surface area contributed by atoms with E-state index in [1.54, 1.807) is 42.4 Å². The molecule has 0 aliphatic heterocycles. The molecule has 0 saturated heterocycles. The van der Waals surface area contributed by atoms with Crippen LogP contribution < -0.4 is 14.8 Å². The van der Waals surface area contributed by atoms with Crippen LogP contribution in [0.2, 0.25) is 5.02 Å². The van der Waals surface area contributed by atoms with Crippen molar-refractivity contribution in [2.75, 3.05) is 20.3 Å². The number of hydrogen-bond donors (Lipinski definition) is 1. The highest BCUT2D eigenvalue weighted by Crippen LogP contribution is 2.24. The van der Waals surface area contributed by atoms with Crippen molar-refractivity contribution in [3.05, 3.63) is 108 Å². The Bertz CT molecular complexity index is 1120. The molecule has 0 bridgehead atoms. The highest BCUT2D eigenvalue weighted by Gasteiger charge is 2.30. The molecule has 7 heteroatoms. The summed E-state index contributed by atoms with van der Waals surface area (Å²) in [6.45, 7) is 3.92. The van der Waals surface area contributed by atoms with Crippen LogP contribution >= 0.6 is 11.6 Å². The average Bonchev–Trinajstić information content (AvgIpc) is 2.89. The van der Waals surface area contributed by atoms with Gasteiger partial charge in [-0.25, -0.2) is 0 Å². The first kappa shape index (κ1) is 25.8. The first-order valence-corrected chi connectivity index (χ1v) is 11.6. The SMILES string of the molecule is C=CCNC(=O)[C@H](Cc1ccccc1)N(Cc1ccc(OC)cc1)C(=O)COc1ccccc1Cl. The molecule has 0 radical (unpaired) electrons. The van der Waals surface area contributed by atoms with Crippen LogP contribution in [0.4, 0.5) is 0 Å². The molecule has 0 saturated carbocycles. The van der Waals surface area contributed by atoms with Gasteiger partial charge < -0.3 is 19.7 Å². The van der Waals surface area contributed by atoms with Crippen molar-refractivity contribution in [1.82, 2.24) is 10.2 Å². The summed E-state index contributed by atoms with van der Waals surface area (Å²) < 4.78 is 11.0. The first-order chi connectivity index (χ1) is 17.0. The number of para-hydroxylation sites is 1. The van der Waals surface area contributed by atoms with Crippen LogP contribution in [-0.4, -0.2) is 43.0 Å². The lowest BCUT2D eigenvalue weighted by Crippen LogP contribution is -2.51. The minimum absolute atomic E-state index is 0.216. The third-order valence-electron chi connectivity index (χ3n) is 5.39. The molecular weight excluding hydrogens is 464 g/mol. The molecule has 6 nitrogen and oxygen atoms in total. The number of halogens is 1. The van der Waals surface area contributed by atoms with E-state index >= 15 is 0 Å². The maximum Gasteiger partial charge on any atom is 0.261 e. The minimum atomic E-state index is -0.762. The molecule has 2 amide bonds. The number of nitrogens with one attached hydrogen (secondary N) is 1. The second-order valence-electron chi connectivity index (χ2n) is 7.83. The predicted molar refractivity (Wildman–Crippen MR) is 138 cm³/mol. The number of amides is 2. The molecule has 35 heavy (non-hydrogen) atoms. The molecule has 0 heterocycles. The molecule has 1 atom stereocenters. The van der Waals surface area contributed by atoms with Crippen molar-refractivity contribution in [3.63, 3.8) is 0 Å². The molecule has 0 aromatic heterocycles. The molecule has 0 unspecified atom stereocenters. The van der Waals surface area contributed by atoms with Gasteiger partial charge >= 0.3 is 0 Å². The second-order valence-corrected chi connectivity index (χ2v) is 8.24. The number of ether oxygens (including phenoxy) is 2. The Labute approximate surface area is 211 Å². The Morgan fingerprint density at radius 1 is 1.00 bits per heavy atom. The van der Waals surface area contributed by atoms with Crippen molar-refractivity contribution in [2.24, 2.45) is 0 Å². The number of hydrogen-bond acceptors (Lipinski definition) is 4. The molecule has 3 aromatic carbocycles. The van der Waals surface area contributed by atoms with E-state index in [1.165, 1.54) is 0 Å². The van der Waals surface area contributed by atoms with E-state index in [2.05, 4.69) is 11.9 Å². The summed E-state index contributed by atoms with van der Waals surface area (Å²) in [4.78, 5) is 28.3. The maximum atomic E-state index is 13.5. The largest absolute Gasteiger partial charge is 0.497 e. The highest BCUT2D eigenvalue weighted by molar-refractivity contribution is 6.32. The van der Waals surface area contributed by atoms with Crippen molar-refractivity contribution >= 4 is 23.4 Å². The van der Waals surface area contributed by atoms with Gasteiger partial charge in [0, 0.05) is 19.5 Å². The summed E-state index contributed by atoms with van der Waals surface area (Å²) in [5.41, 5.74) is 1.79. The number of carbonyl (C=O) groups is 2. The quantitative estimate of drug-likeness (QED) is 0.373. The number of carbonyl (C=O) groups excluding carboxylic acids is 2.